The number of hydrogen-bond acceptors (Lipinski definition) is 11. The molecule has 0 heterocycles. The summed E-state index contributed by atoms with van der Waals surface area (Å²) in [6.45, 7) is 6.18. The van der Waals surface area contributed by atoms with Gasteiger partial charge in [0.05, 0.1) is 70.6 Å². The zero-order chi connectivity index (χ0) is 35.4. The lowest BCUT2D eigenvalue weighted by Crippen LogP contribution is -2.49. The van der Waals surface area contributed by atoms with Gasteiger partial charge in [0, 0.05) is 29.5 Å². The van der Waals surface area contributed by atoms with Crippen LogP contribution in [0.15, 0.2) is 0 Å². The van der Waals surface area contributed by atoms with Gasteiger partial charge in [-0.3, -0.25) is 19.6 Å². The summed E-state index contributed by atoms with van der Waals surface area (Å²) in [5, 5.41) is 25.7. The molecule has 0 aliphatic heterocycles. The molecule has 6 unspecified atom stereocenters. The molecule has 0 bridgehead atoms. The van der Waals surface area contributed by atoms with Crippen molar-refractivity contribution in [2.75, 3.05) is 40.6 Å². The van der Waals surface area contributed by atoms with E-state index in [9.17, 15) is 19.5 Å². The van der Waals surface area contributed by atoms with Gasteiger partial charge < -0.3 is 30.0 Å². The van der Waals surface area contributed by atoms with Crippen LogP contribution in [0.1, 0.15) is 104 Å². The molecule has 49 heavy (non-hydrogen) atoms. The SMILES string of the molecule is COOCC1CCC(C(=O)O)C(C(=O)NC2CCC(OCC(C)(C)COC3CCC(NC4CC(C(=O)OC)CCC4COO)CC3)CC2)C1. The minimum Gasteiger partial charge on any atom is -0.481 e. The Hall–Kier alpha value is -1.87. The Morgan fingerprint density at radius 2 is 1.39 bits per heavy atom. The number of aliphatic carboxylic acids is 1. The van der Waals surface area contributed by atoms with Gasteiger partial charge in [-0.2, -0.15) is 0 Å². The van der Waals surface area contributed by atoms with E-state index < -0.39 is 17.8 Å². The number of methoxy groups -OCH3 is 1. The van der Waals surface area contributed by atoms with Crippen LogP contribution < -0.4 is 10.6 Å². The van der Waals surface area contributed by atoms with E-state index in [2.05, 4.69) is 29.4 Å². The van der Waals surface area contributed by atoms with Gasteiger partial charge in [-0.15, -0.1) is 0 Å². The third-order valence-electron chi connectivity index (χ3n) is 11.4. The number of carbonyl (C=O) groups is 3. The molecule has 13 nitrogen and oxygen atoms in total. The molecule has 4 N–H and O–H groups in total. The van der Waals surface area contributed by atoms with Crippen molar-refractivity contribution in [1.82, 2.24) is 10.6 Å². The first kappa shape index (κ1) is 39.9. The minimum absolute atomic E-state index is 0.0274. The highest BCUT2D eigenvalue weighted by Gasteiger charge is 2.41. The molecule has 282 valence electrons. The van der Waals surface area contributed by atoms with Crippen molar-refractivity contribution in [3.05, 3.63) is 0 Å². The van der Waals surface area contributed by atoms with Crippen LogP contribution in [0, 0.1) is 35.0 Å². The van der Waals surface area contributed by atoms with Crippen molar-refractivity contribution in [3.63, 3.8) is 0 Å². The molecule has 13 heteroatoms. The maximum Gasteiger partial charge on any atom is 0.308 e. The fourth-order valence-electron chi connectivity index (χ4n) is 8.38. The fraction of sp³-hybridized carbons (Fsp3) is 0.917. The highest BCUT2D eigenvalue weighted by Crippen LogP contribution is 2.36. The molecule has 0 saturated heterocycles. The Morgan fingerprint density at radius 1 is 0.755 bits per heavy atom. The minimum atomic E-state index is -0.908. The van der Waals surface area contributed by atoms with Gasteiger partial charge in [-0.05, 0) is 95.8 Å². The number of nitrogens with one attached hydrogen (secondary N) is 2. The first-order valence-electron chi connectivity index (χ1n) is 18.5. The molecule has 4 aliphatic rings. The number of ether oxygens (including phenoxy) is 3. The average molecular weight is 699 g/mol. The van der Waals surface area contributed by atoms with Crippen LogP contribution >= 0.6 is 0 Å². The normalized spacial score (nSPS) is 34.2. The second kappa shape index (κ2) is 19.7. The Morgan fingerprint density at radius 3 is 1.96 bits per heavy atom. The van der Waals surface area contributed by atoms with Gasteiger partial charge in [-0.1, -0.05) is 13.8 Å². The molecule has 6 atom stereocenters. The molecule has 4 fully saturated rings. The number of carbonyl (C=O) groups excluding carboxylic acids is 2. The fourth-order valence-corrected chi connectivity index (χ4v) is 8.38. The summed E-state index contributed by atoms with van der Waals surface area (Å²) >= 11 is 0. The summed E-state index contributed by atoms with van der Waals surface area (Å²) in [4.78, 5) is 51.5. The third kappa shape index (κ3) is 12.4. The Balaban J connectivity index is 1.12. The molecule has 0 radical (unpaired) electrons. The lowest BCUT2D eigenvalue weighted by molar-refractivity contribution is -0.281. The first-order valence-corrected chi connectivity index (χ1v) is 18.5. The monoisotopic (exact) mass is 698 g/mol. The maximum absolute atomic E-state index is 13.2. The second-order valence-electron chi connectivity index (χ2n) is 15.8. The van der Waals surface area contributed by atoms with Gasteiger partial charge >= 0.3 is 11.9 Å². The maximum atomic E-state index is 13.2. The molecular formula is C36H62N2O11. The van der Waals surface area contributed by atoms with E-state index in [1.807, 2.05) is 0 Å². The molecule has 1 amide bonds. The van der Waals surface area contributed by atoms with Crippen LogP contribution in [0.3, 0.4) is 0 Å². The van der Waals surface area contributed by atoms with Crippen molar-refractivity contribution < 1.29 is 53.6 Å². The van der Waals surface area contributed by atoms with Crippen LogP contribution in [0.2, 0.25) is 0 Å². The summed E-state index contributed by atoms with van der Waals surface area (Å²) < 4.78 is 17.7. The molecule has 4 rings (SSSR count). The van der Waals surface area contributed by atoms with Crippen LogP contribution in [0.4, 0.5) is 0 Å². The topological polar surface area (TPSA) is 171 Å². The van der Waals surface area contributed by atoms with E-state index in [1.165, 1.54) is 14.2 Å². The van der Waals surface area contributed by atoms with E-state index in [0.29, 0.717) is 51.5 Å². The Bertz CT molecular complexity index is 1030. The molecule has 0 spiro atoms. The summed E-state index contributed by atoms with van der Waals surface area (Å²) in [6, 6.07) is 0.470. The predicted molar refractivity (Wildman–Crippen MR) is 179 cm³/mol. The van der Waals surface area contributed by atoms with Crippen molar-refractivity contribution in [1.29, 1.82) is 0 Å². The zero-order valence-corrected chi connectivity index (χ0v) is 30.1. The second-order valence-corrected chi connectivity index (χ2v) is 15.8. The summed E-state index contributed by atoms with van der Waals surface area (Å²) in [7, 11) is 2.89. The lowest BCUT2D eigenvalue weighted by Gasteiger charge is -2.39. The average Bonchev–Trinajstić information content (AvgIpc) is 3.10. The van der Waals surface area contributed by atoms with Gasteiger partial charge in [0.25, 0.3) is 0 Å². The standard InChI is InChI=1S/C36H62N2O11/c1-36(2,21-46-28-12-8-26(9-13-28)37-32-18-24(35(42)44-3)6-7-25(32)20-48-43)22-47-29-14-10-27(11-15-29)38-33(39)31-17-23(19-49-45-4)5-16-30(31)34(40)41/h23-32,37,43H,5-22H2,1-4H3,(H,38,39)(H,40,41). The summed E-state index contributed by atoms with van der Waals surface area (Å²) in [5.74, 6) is -2.31. The number of amides is 1. The van der Waals surface area contributed by atoms with Gasteiger partial charge in [0.15, 0.2) is 0 Å². The Labute approximate surface area is 291 Å². The highest BCUT2D eigenvalue weighted by molar-refractivity contribution is 5.85. The van der Waals surface area contributed by atoms with Crippen LogP contribution in [-0.4, -0.2) is 99.2 Å². The lowest BCUT2D eigenvalue weighted by atomic mass is 9.73. The number of rotatable bonds is 17. The van der Waals surface area contributed by atoms with E-state index in [-0.39, 0.29) is 65.9 Å². The molecular weight excluding hydrogens is 636 g/mol. The van der Waals surface area contributed by atoms with Gasteiger partial charge in [0.2, 0.25) is 5.91 Å². The van der Waals surface area contributed by atoms with E-state index in [0.717, 1.165) is 64.2 Å². The summed E-state index contributed by atoms with van der Waals surface area (Å²) in [5.41, 5.74) is -0.140. The summed E-state index contributed by atoms with van der Waals surface area (Å²) in [6.07, 6.45) is 11.5. The van der Waals surface area contributed by atoms with E-state index >= 15 is 0 Å². The van der Waals surface area contributed by atoms with Crippen molar-refractivity contribution in [2.45, 2.75) is 134 Å². The third-order valence-corrected chi connectivity index (χ3v) is 11.4. The highest BCUT2D eigenvalue weighted by atomic mass is 17.2. The largest absolute Gasteiger partial charge is 0.481 e. The quantitative estimate of drug-likeness (QED) is 0.0953. The van der Waals surface area contributed by atoms with Crippen molar-refractivity contribution in [2.24, 2.45) is 35.0 Å². The predicted octanol–water partition coefficient (Wildman–Crippen LogP) is 4.52. The molecule has 0 aromatic heterocycles. The molecule has 0 aromatic carbocycles. The van der Waals surface area contributed by atoms with Crippen LogP contribution in [0.25, 0.3) is 0 Å². The number of carboxylic acids is 1. The van der Waals surface area contributed by atoms with Gasteiger partial charge in [-0.25, -0.2) is 14.7 Å². The van der Waals surface area contributed by atoms with Crippen molar-refractivity contribution >= 4 is 17.8 Å². The molecule has 4 aliphatic carbocycles. The smallest absolute Gasteiger partial charge is 0.308 e. The van der Waals surface area contributed by atoms with E-state index in [1.54, 1.807) is 0 Å². The molecule has 4 saturated carbocycles. The van der Waals surface area contributed by atoms with E-state index in [4.69, 9.17) is 29.2 Å². The first-order chi connectivity index (χ1) is 23.5. The Kier molecular flexibility index (Phi) is 16.0. The van der Waals surface area contributed by atoms with Crippen LogP contribution in [-0.2, 0) is 43.3 Å². The van der Waals surface area contributed by atoms with Gasteiger partial charge in [0.1, 0.15) is 0 Å². The van der Waals surface area contributed by atoms with Crippen molar-refractivity contribution in [3.8, 4) is 0 Å². The number of hydrogen-bond donors (Lipinski definition) is 4. The number of esters is 1. The zero-order valence-electron chi connectivity index (χ0n) is 30.1. The molecule has 0 aromatic rings. The van der Waals surface area contributed by atoms with Crippen LogP contribution in [0.5, 0.6) is 0 Å². The number of carboxylic acid groups (broad SMARTS) is 1.